The first-order valence-electron chi connectivity index (χ1n) is 7.56. The van der Waals surface area contributed by atoms with Gasteiger partial charge >= 0.3 is 0 Å². The fourth-order valence-electron chi connectivity index (χ4n) is 2.97. The molecule has 0 heterocycles. The second-order valence-corrected chi connectivity index (χ2v) is 6.05. The van der Waals surface area contributed by atoms with Crippen LogP contribution in [0, 0.1) is 11.7 Å². The first-order chi connectivity index (χ1) is 9.58. The fourth-order valence-corrected chi connectivity index (χ4v) is 2.97. The Bertz CT molecular complexity index is 452. The van der Waals surface area contributed by atoms with Gasteiger partial charge in [0.2, 0.25) is 0 Å². The van der Waals surface area contributed by atoms with Crippen LogP contribution in [-0.4, -0.2) is 30.3 Å². The minimum atomic E-state index is -0.411. The Labute approximate surface area is 121 Å². The van der Waals surface area contributed by atoms with Crippen molar-refractivity contribution in [3.63, 3.8) is 0 Å². The van der Waals surface area contributed by atoms with Crippen LogP contribution in [0.5, 0.6) is 0 Å². The van der Waals surface area contributed by atoms with E-state index < -0.39 is 5.82 Å². The normalized spacial score (nSPS) is 23.0. The van der Waals surface area contributed by atoms with E-state index in [4.69, 9.17) is 0 Å². The van der Waals surface area contributed by atoms with Crippen molar-refractivity contribution >= 4 is 5.78 Å². The van der Waals surface area contributed by atoms with Gasteiger partial charge in [0, 0.05) is 19.0 Å². The van der Waals surface area contributed by atoms with Crippen molar-refractivity contribution in [3.8, 4) is 0 Å². The number of benzene rings is 1. The lowest BCUT2D eigenvalue weighted by Gasteiger charge is -2.33. The highest BCUT2D eigenvalue weighted by Crippen LogP contribution is 2.26. The molecule has 3 heteroatoms. The summed E-state index contributed by atoms with van der Waals surface area (Å²) in [5, 5.41) is 0. The van der Waals surface area contributed by atoms with Crippen LogP contribution in [0.3, 0.4) is 0 Å². The number of hydrogen-bond donors (Lipinski definition) is 0. The van der Waals surface area contributed by atoms with E-state index in [1.165, 1.54) is 31.7 Å². The van der Waals surface area contributed by atoms with Gasteiger partial charge in [-0.15, -0.1) is 0 Å². The Balaban J connectivity index is 1.83. The van der Waals surface area contributed by atoms with Crippen molar-refractivity contribution in [1.82, 2.24) is 4.90 Å². The van der Waals surface area contributed by atoms with E-state index in [1.807, 2.05) is 0 Å². The van der Waals surface area contributed by atoms with E-state index in [-0.39, 0.29) is 11.3 Å². The van der Waals surface area contributed by atoms with E-state index in [1.54, 1.807) is 18.2 Å². The van der Waals surface area contributed by atoms with Crippen LogP contribution in [0.25, 0.3) is 0 Å². The number of hydrogen-bond acceptors (Lipinski definition) is 2. The van der Waals surface area contributed by atoms with Gasteiger partial charge in [-0.05, 0) is 50.8 Å². The molecule has 2 rings (SSSR count). The largest absolute Gasteiger partial charge is 0.303 e. The van der Waals surface area contributed by atoms with Gasteiger partial charge in [-0.25, -0.2) is 4.39 Å². The summed E-state index contributed by atoms with van der Waals surface area (Å²) in [7, 11) is 2.08. The minimum absolute atomic E-state index is 0.0980. The molecule has 1 fully saturated rings. The topological polar surface area (TPSA) is 20.3 Å². The number of rotatable bonds is 5. The monoisotopic (exact) mass is 277 g/mol. The highest BCUT2D eigenvalue weighted by molar-refractivity contribution is 5.96. The molecule has 0 radical (unpaired) electrons. The molecule has 0 unspecified atom stereocenters. The smallest absolute Gasteiger partial charge is 0.167 e. The first kappa shape index (κ1) is 15.2. The van der Waals surface area contributed by atoms with Gasteiger partial charge in [-0.3, -0.25) is 4.79 Å². The van der Waals surface area contributed by atoms with Gasteiger partial charge < -0.3 is 4.90 Å². The van der Waals surface area contributed by atoms with Crippen LogP contribution in [0.1, 0.15) is 49.4 Å². The van der Waals surface area contributed by atoms with Crippen molar-refractivity contribution in [2.24, 2.45) is 5.92 Å². The third-order valence-corrected chi connectivity index (χ3v) is 4.47. The summed E-state index contributed by atoms with van der Waals surface area (Å²) in [6.07, 6.45) is 5.37. The molecule has 1 saturated carbocycles. The Hall–Kier alpha value is -1.22. The zero-order valence-electron chi connectivity index (χ0n) is 12.4. The Morgan fingerprint density at radius 2 is 1.90 bits per heavy atom. The van der Waals surface area contributed by atoms with Crippen LogP contribution in [0.2, 0.25) is 0 Å². The summed E-state index contributed by atoms with van der Waals surface area (Å²) in [6.45, 7) is 3.02. The Morgan fingerprint density at radius 1 is 1.25 bits per heavy atom. The summed E-state index contributed by atoms with van der Waals surface area (Å²) < 4.78 is 13.5. The molecule has 1 aromatic rings. The predicted octanol–water partition coefficient (Wildman–Crippen LogP) is 3.91. The number of Topliss-reactive ketones (excluding diaryl/α,β-unsaturated/α-hetero) is 1. The van der Waals surface area contributed by atoms with Crippen LogP contribution >= 0.6 is 0 Å². The van der Waals surface area contributed by atoms with Crippen molar-refractivity contribution < 1.29 is 9.18 Å². The molecule has 2 nitrogen and oxygen atoms in total. The van der Waals surface area contributed by atoms with Gasteiger partial charge in [0.1, 0.15) is 5.82 Å². The molecule has 0 aromatic heterocycles. The average molecular weight is 277 g/mol. The maximum absolute atomic E-state index is 13.5. The molecule has 110 valence electrons. The lowest BCUT2D eigenvalue weighted by atomic mass is 9.86. The zero-order chi connectivity index (χ0) is 14.5. The van der Waals surface area contributed by atoms with Gasteiger partial charge in [-0.2, -0.15) is 0 Å². The molecule has 0 amide bonds. The molecule has 1 aliphatic rings. The summed E-state index contributed by atoms with van der Waals surface area (Å²) in [5.41, 5.74) is 0.221. The highest BCUT2D eigenvalue weighted by atomic mass is 19.1. The van der Waals surface area contributed by atoms with Crippen LogP contribution < -0.4 is 0 Å². The molecule has 0 saturated heterocycles. The fraction of sp³-hybridized carbons (Fsp3) is 0.588. The number of halogens is 1. The average Bonchev–Trinajstić information content (AvgIpc) is 2.45. The Kier molecular flexibility index (Phi) is 5.30. The second kappa shape index (κ2) is 6.98. The summed E-state index contributed by atoms with van der Waals surface area (Å²) in [6, 6.07) is 6.82. The first-order valence-corrected chi connectivity index (χ1v) is 7.56. The highest BCUT2D eigenvalue weighted by Gasteiger charge is 2.22. The minimum Gasteiger partial charge on any atom is -0.303 e. The maximum atomic E-state index is 13.5. The van der Waals surface area contributed by atoms with Crippen molar-refractivity contribution in [2.75, 3.05) is 13.6 Å². The molecular formula is C17H24FNO. The van der Waals surface area contributed by atoms with E-state index >= 15 is 0 Å². The lowest BCUT2D eigenvalue weighted by molar-refractivity contribution is 0.0943. The second-order valence-electron chi connectivity index (χ2n) is 6.05. The maximum Gasteiger partial charge on any atom is 0.167 e. The van der Waals surface area contributed by atoms with Gasteiger partial charge in [0.05, 0.1) is 5.56 Å². The van der Waals surface area contributed by atoms with Crippen molar-refractivity contribution in [1.29, 1.82) is 0 Å². The molecule has 0 N–H and O–H groups in total. The molecule has 0 bridgehead atoms. The van der Waals surface area contributed by atoms with E-state index in [0.29, 0.717) is 19.0 Å². The molecule has 20 heavy (non-hydrogen) atoms. The number of carbonyl (C=O) groups excluding carboxylic acids is 1. The summed E-state index contributed by atoms with van der Waals surface area (Å²) in [5.74, 6) is 0.325. The third kappa shape index (κ3) is 3.89. The van der Waals surface area contributed by atoms with Gasteiger partial charge in [0.25, 0.3) is 0 Å². The quantitative estimate of drug-likeness (QED) is 0.761. The van der Waals surface area contributed by atoms with Crippen molar-refractivity contribution in [2.45, 2.75) is 45.1 Å². The van der Waals surface area contributed by atoms with E-state index in [9.17, 15) is 9.18 Å². The molecule has 1 aliphatic carbocycles. The lowest BCUT2D eigenvalue weighted by Crippen LogP contribution is -2.36. The summed E-state index contributed by atoms with van der Waals surface area (Å²) >= 11 is 0. The summed E-state index contributed by atoms with van der Waals surface area (Å²) in [4.78, 5) is 14.3. The molecule has 0 spiro atoms. The van der Waals surface area contributed by atoms with Crippen LogP contribution in [-0.2, 0) is 0 Å². The van der Waals surface area contributed by atoms with Crippen molar-refractivity contribution in [3.05, 3.63) is 35.6 Å². The van der Waals surface area contributed by atoms with Gasteiger partial charge in [0.15, 0.2) is 5.78 Å². The number of ketones is 1. The molecule has 0 aliphatic heterocycles. The van der Waals surface area contributed by atoms with E-state index in [2.05, 4.69) is 18.9 Å². The number of nitrogens with zero attached hydrogens (tertiary/aromatic N) is 1. The van der Waals surface area contributed by atoms with Gasteiger partial charge in [-0.1, -0.05) is 19.1 Å². The van der Waals surface area contributed by atoms with Crippen LogP contribution in [0.15, 0.2) is 24.3 Å². The third-order valence-electron chi connectivity index (χ3n) is 4.47. The molecule has 1 aromatic carbocycles. The Morgan fingerprint density at radius 3 is 2.55 bits per heavy atom. The predicted molar refractivity (Wildman–Crippen MR) is 79.4 cm³/mol. The van der Waals surface area contributed by atoms with E-state index in [0.717, 1.165) is 5.92 Å². The standard InChI is InChI=1S/C17H24FNO/c1-13-7-9-14(10-8-13)19(2)12-11-17(20)15-5-3-4-6-16(15)18/h3-6,13-14H,7-12H2,1-2H3. The number of carbonyl (C=O) groups is 1. The SMILES string of the molecule is CC1CCC(N(C)CCC(=O)c2ccccc2F)CC1. The van der Waals surface area contributed by atoms with Crippen LogP contribution in [0.4, 0.5) is 4.39 Å². The molecular weight excluding hydrogens is 253 g/mol. The molecule has 0 atom stereocenters. The zero-order valence-corrected chi connectivity index (χ0v) is 12.4.